The monoisotopic (exact) mass is 641 g/mol. The Morgan fingerprint density at radius 2 is 1.64 bits per heavy atom. The van der Waals surface area contributed by atoms with Gasteiger partial charge in [0.2, 0.25) is 5.91 Å². The summed E-state index contributed by atoms with van der Waals surface area (Å²) in [6.45, 7) is 3.94. The lowest BCUT2D eigenvalue weighted by Gasteiger charge is -2.24. The number of sulfonamides is 1. The van der Waals surface area contributed by atoms with E-state index in [0.717, 1.165) is 10.4 Å². The van der Waals surface area contributed by atoms with E-state index < -0.39 is 34.2 Å². The van der Waals surface area contributed by atoms with Gasteiger partial charge >= 0.3 is 6.18 Å². The van der Waals surface area contributed by atoms with Crippen LogP contribution < -0.4 is 19.8 Å². The number of aryl methyl sites for hydroxylation is 1. The number of para-hydroxylation sites is 1. The zero-order chi connectivity index (χ0) is 32.9. The highest BCUT2D eigenvalue weighted by Crippen LogP contribution is 2.35. The van der Waals surface area contributed by atoms with E-state index in [1.165, 1.54) is 79.4 Å². The number of carbonyl (C=O) groups is 2. The molecule has 0 unspecified atom stereocenters. The summed E-state index contributed by atoms with van der Waals surface area (Å²) in [6, 6.07) is 18.3. The summed E-state index contributed by atoms with van der Waals surface area (Å²) in [6.07, 6.45) is -3.29. The quantitative estimate of drug-likeness (QED) is 0.177. The molecule has 0 fully saturated rings. The van der Waals surface area contributed by atoms with Gasteiger partial charge in [-0.25, -0.2) is 13.8 Å². The fourth-order valence-electron chi connectivity index (χ4n) is 4.64. The fourth-order valence-corrected chi connectivity index (χ4v) is 6.06. The van der Waals surface area contributed by atoms with E-state index in [1.807, 2.05) is 0 Å². The summed E-state index contributed by atoms with van der Waals surface area (Å²) in [4.78, 5) is 24.2. The van der Waals surface area contributed by atoms with Crippen LogP contribution in [0.5, 0.6) is 5.75 Å². The number of carbonyl (C=O) groups excluding carboxylic acids is 2. The number of aromatic nitrogens is 1. The molecule has 0 aliphatic carbocycles. The minimum absolute atomic E-state index is 0.0471. The van der Waals surface area contributed by atoms with Crippen LogP contribution >= 0.6 is 0 Å². The number of amides is 2. The van der Waals surface area contributed by atoms with Crippen LogP contribution in [0.4, 0.5) is 24.5 Å². The van der Waals surface area contributed by atoms with Crippen molar-refractivity contribution in [3.05, 3.63) is 101 Å². The van der Waals surface area contributed by atoms with E-state index in [2.05, 4.69) is 15.8 Å². The van der Waals surface area contributed by atoms with Gasteiger partial charge in [-0.05, 0) is 80.6 Å². The Balaban J connectivity index is 1.58. The molecule has 0 aliphatic rings. The third-order valence-electron chi connectivity index (χ3n) is 6.72. The molecule has 10 nitrogen and oxygen atoms in total. The molecule has 0 aliphatic heterocycles. The van der Waals surface area contributed by atoms with Crippen LogP contribution in [0.1, 0.15) is 29.4 Å². The summed E-state index contributed by atoms with van der Waals surface area (Å²) >= 11 is 0. The van der Waals surface area contributed by atoms with Crippen molar-refractivity contribution in [1.29, 1.82) is 0 Å². The largest absolute Gasteiger partial charge is 0.497 e. The molecule has 45 heavy (non-hydrogen) atoms. The molecule has 0 saturated heterocycles. The van der Waals surface area contributed by atoms with E-state index >= 15 is 0 Å². The van der Waals surface area contributed by atoms with Gasteiger partial charge in [-0.1, -0.05) is 12.1 Å². The van der Waals surface area contributed by atoms with Gasteiger partial charge in [0.05, 0.1) is 35.2 Å². The number of hydrogen-bond acceptors (Lipinski definition) is 6. The van der Waals surface area contributed by atoms with Crippen molar-refractivity contribution >= 4 is 39.4 Å². The number of nitrogens with one attached hydrogen (secondary N) is 2. The minimum atomic E-state index is -4.56. The van der Waals surface area contributed by atoms with Crippen LogP contribution in [-0.2, 0) is 25.8 Å². The third-order valence-corrected chi connectivity index (χ3v) is 8.51. The Labute approximate surface area is 258 Å². The van der Waals surface area contributed by atoms with Crippen LogP contribution in [0, 0.1) is 13.8 Å². The van der Waals surface area contributed by atoms with Crippen LogP contribution in [0.15, 0.2) is 88.9 Å². The minimum Gasteiger partial charge on any atom is -0.497 e. The first kappa shape index (κ1) is 32.8. The van der Waals surface area contributed by atoms with Crippen molar-refractivity contribution in [2.75, 3.05) is 23.3 Å². The number of hydrogen-bond donors (Lipinski definition) is 2. The third kappa shape index (κ3) is 7.52. The molecule has 2 amide bonds. The summed E-state index contributed by atoms with van der Waals surface area (Å²) in [7, 11) is -2.82. The molecule has 0 atom stereocenters. The molecule has 0 radical (unpaired) electrons. The number of hydrazone groups is 1. The Hall–Kier alpha value is -5.11. The predicted octanol–water partition coefficient (Wildman–Crippen LogP) is 5.43. The van der Waals surface area contributed by atoms with E-state index in [1.54, 1.807) is 32.0 Å². The molecule has 0 bridgehead atoms. The molecule has 0 saturated carbocycles. The molecule has 2 N–H and O–H groups in total. The lowest BCUT2D eigenvalue weighted by Crippen LogP contribution is -2.39. The summed E-state index contributed by atoms with van der Waals surface area (Å²) in [5.74, 6) is -0.632. The lowest BCUT2D eigenvalue weighted by molar-refractivity contribution is -0.137. The maximum atomic E-state index is 13.7. The van der Waals surface area contributed by atoms with Gasteiger partial charge in [-0.15, -0.1) is 0 Å². The number of anilines is 2. The van der Waals surface area contributed by atoms with Gasteiger partial charge in [-0.2, -0.15) is 18.3 Å². The van der Waals surface area contributed by atoms with Crippen molar-refractivity contribution in [1.82, 2.24) is 9.99 Å². The maximum Gasteiger partial charge on any atom is 0.418 e. The number of ether oxygens (including phenoxy) is 1. The highest BCUT2D eigenvalue weighted by Gasteiger charge is 2.34. The van der Waals surface area contributed by atoms with E-state index in [4.69, 9.17) is 4.74 Å². The van der Waals surface area contributed by atoms with E-state index in [0.29, 0.717) is 28.4 Å². The maximum absolute atomic E-state index is 13.7. The van der Waals surface area contributed by atoms with Gasteiger partial charge in [-0.3, -0.25) is 13.9 Å². The number of rotatable bonds is 10. The first-order valence-electron chi connectivity index (χ1n) is 13.4. The molecule has 236 valence electrons. The summed E-state index contributed by atoms with van der Waals surface area (Å²) in [5, 5.41) is 6.51. The number of benzene rings is 3. The number of methoxy groups -OCH3 is 1. The average molecular weight is 642 g/mol. The second kappa shape index (κ2) is 13.3. The zero-order valence-corrected chi connectivity index (χ0v) is 25.5. The van der Waals surface area contributed by atoms with Crippen LogP contribution in [0.25, 0.3) is 5.69 Å². The number of alkyl halides is 3. The van der Waals surface area contributed by atoms with E-state index in [9.17, 15) is 31.2 Å². The molecule has 4 aromatic rings. The molecule has 4 rings (SSSR count). The molecule has 0 spiro atoms. The lowest BCUT2D eigenvalue weighted by atomic mass is 10.1. The molecular weight excluding hydrogens is 611 g/mol. The second-order valence-corrected chi connectivity index (χ2v) is 11.7. The van der Waals surface area contributed by atoms with Crippen molar-refractivity contribution < 1.29 is 35.9 Å². The standard InChI is InChI=1S/C31H30F3N5O5S/c1-20-17-23(21(2)39(20)29-8-6-5-7-28(29)31(32,33)34)18-35-37-30(41)19-38(25-11-13-26(44-4)14-12-25)45(42,43)27-15-9-24(10-16-27)36-22(3)40/h5-18H,19H2,1-4H3,(H,36,40)(H,37,41)/b35-18-. The van der Waals surface area contributed by atoms with Crippen molar-refractivity contribution in [2.24, 2.45) is 5.10 Å². The van der Waals surface area contributed by atoms with Gasteiger partial charge in [0.15, 0.2) is 0 Å². The molecular formula is C31H30F3N5O5S. The summed E-state index contributed by atoms with van der Waals surface area (Å²) < 4.78 is 75.8. The van der Waals surface area contributed by atoms with Gasteiger partial charge in [0.1, 0.15) is 12.3 Å². The highest BCUT2D eigenvalue weighted by atomic mass is 32.2. The summed E-state index contributed by atoms with van der Waals surface area (Å²) in [5.41, 5.74) is 3.44. The average Bonchev–Trinajstić information content (AvgIpc) is 3.27. The smallest absolute Gasteiger partial charge is 0.418 e. The van der Waals surface area contributed by atoms with Gasteiger partial charge in [0, 0.05) is 29.6 Å². The predicted molar refractivity (Wildman–Crippen MR) is 164 cm³/mol. The highest BCUT2D eigenvalue weighted by molar-refractivity contribution is 7.92. The molecule has 1 aromatic heterocycles. The molecule has 3 aromatic carbocycles. The Bertz CT molecular complexity index is 1830. The van der Waals surface area contributed by atoms with Crippen LogP contribution in [0.3, 0.4) is 0 Å². The van der Waals surface area contributed by atoms with Crippen molar-refractivity contribution in [3.63, 3.8) is 0 Å². The van der Waals surface area contributed by atoms with E-state index in [-0.39, 0.29) is 22.2 Å². The zero-order valence-electron chi connectivity index (χ0n) is 24.7. The van der Waals surface area contributed by atoms with Gasteiger partial charge < -0.3 is 14.6 Å². The Morgan fingerprint density at radius 1 is 1.00 bits per heavy atom. The first-order chi connectivity index (χ1) is 21.2. The second-order valence-electron chi connectivity index (χ2n) is 9.89. The normalized spacial score (nSPS) is 11.8. The molecule has 14 heteroatoms. The van der Waals surface area contributed by atoms with Crippen LogP contribution in [0.2, 0.25) is 0 Å². The topological polar surface area (TPSA) is 122 Å². The fraction of sp³-hybridized carbons (Fsp3) is 0.194. The number of halogens is 3. The van der Waals surface area contributed by atoms with Crippen molar-refractivity contribution in [2.45, 2.75) is 31.8 Å². The van der Waals surface area contributed by atoms with Crippen LogP contribution in [-0.4, -0.2) is 44.7 Å². The first-order valence-corrected chi connectivity index (χ1v) is 14.9. The number of nitrogens with zero attached hydrogens (tertiary/aromatic N) is 3. The van der Waals surface area contributed by atoms with Crippen molar-refractivity contribution in [3.8, 4) is 11.4 Å². The van der Waals surface area contributed by atoms with Gasteiger partial charge in [0.25, 0.3) is 15.9 Å². The Morgan fingerprint density at radius 3 is 2.24 bits per heavy atom. The SMILES string of the molecule is COc1ccc(N(CC(=O)N/N=C\c2cc(C)n(-c3ccccc3C(F)(F)F)c2C)S(=O)(=O)c2ccc(NC(C)=O)cc2)cc1. The Kier molecular flexibility index (Phi) is 9.66. The molecule has 1 heterocycles.